The van der Waals surface area contributed by atoms with Gasteiger partial charge in [0.1, 0.15) is 11.5 Å². The summed E-state index contributed by atoms with van der Waals surface area (Å²) < 4.78 is 10.2. The lowest BCUT2D eigenvalue weighted by molar-refractivity contribution is -0.139. The molecule has 0 aliphatic carbocycles. The number of methoxy groups -OCH3 is 1. The Kier molecular flexibility index (Phi) is 5.43. The molecular weight excluding hydrogens is 322 g/mol. The van der Waals surface area contributed by atoms with Gasteiger partial charge in [-0.2, -0.15) is 0 Å². The van der Waals surface area contributed by atoms with E-state index in [0.29, 0.717) is 27.8 Å². The van der Waals surface area contributed by atoms with E-state index in [-0.39, 0.29) is 5.91 Å². The number of anilines is 1. The van der Waals surface area contributed by atoms with Crippen LogP contribution in [0.3, 0.4) is 0 Å². The van der Waals surface area contributed by atoms with E-state index in [1.165, 1.54) is 7.11 Å². The molecule has 1 amide bonds. The SMILES string of the molecule is COc1cc(Cl)ccc1C(=O)Nc1ccc(OCC(=O)O)cc1. The summed E-state index contributed by atoms with van der Waals surface area (Å²) in [4.78, 5) is 22.7. The molecule has 2 aromatic carbocycles. The zero-order valence-electron chi connectivity index (χ0n) is 12.2. The number of carboxylic acids is 1. The number of aliphatic carboxylic acids is 1. The number of carbonyl (C=O) groups is 2. The fourth-order valence-electron chi connectivity index (χ4n) is 1.83. The van der Waals surface area contributed by atoms with E-state index in [4.69, 9.17) is 26.2 Å². The highest BCUT2D eigenvalue weighted by molar-refractivity contribution is 6.31. The predicted octanol–water partition coefficient (Wildman–Crippen LogP) is 3.06. The fourth-order valence-corrected chi connectivity index (χ4v) is 1.99. The fraction of sp³-hybridized carbons (Fsp3) is 0.125. The maximum atomic E-state index is 12.3. The van der Waals surface area contributed by atoms with E-state index in [1.54, 1.807) is 42.5 Å². The lowest BCUT2D eigenvalue weighted by atomic mass is 10.2. The Morgan fingerprint density at radius 2 is 1.87 bits per heavy atom. The number of benzene rings is 2. The van der Waals surface area contributed by atoms with Gasteiger partial charge in [0.25, 0.3) is 5.91 Å². The highest BCUT2D eigenvalue weighted by Gasteiger charge is 2.13. The molecule has 0 atom stereocenters. The van der Waals surface area contributed by atoms with Crippen molar-refractivity contribution in [3.8, 4) is 11.5 Å². The average molecular weight is 336 g/mol. The van der Waals surface area contributed by atoms with Crippen molar-refractivity contribution >= 4 is 29.2 Å². The van der Waals surface area contributed by atoms with Crippen molar-refractivity contribution in [1.29, 1.82) is 0 Å². The van der Waals surface area contributed by atoms with Crippen LogP contribution in [0.25, 0.3) is 0 Å². The Morgan fingerprint density at radius 1 is 1.17 bits per heavy atom. The Morgan fingerprint density at radius 3 is 2.48 bits per heavy atom. The van der Waals surface area contributed by atoms with E-state index in [1.807, 2.05) is 0 Å². The highest BCUT2D eigenvalue weighted by Crippen LogP contribution is 2.24. The van der Waals surface area contributed by atoms with Gasteiger partial charge in [0.15, 0.2) is 6.61 Å². The quantitative estimate of drug-likeness (QED) is 0.847. The zero-order chi connectivity index (χ0) is 16.8. The van der Waals surface area contributed by atoms with E-state index in [2.05, 4.69) is 5.32 Å². The first-order valence-electron chi connectivity index (χ1n) is 6.59. The number of amides is 1. The molecule has 0 heterocycles. The summed E-state index contributed by atoms with van der Waals surface area (Å²) >= 11 is 5.86. The van der Waals surface area contributed by atoms with Crippen molar-refractivity contribution in [1.82, 2.24) is 0 Å². The molecule has 0 saturated carbocycles. The lowest BCUT2D eigenvalue weighted by Crippen LogP contribution is -2.13. The molecule has 120 valence electrons. The van der Waals surface area contributed by atoms with Gasteiger partial charge in [0.2, 0.25) is 0 Å². The molecule has 2 N–H and O–H groups in total. The molecular formula is C16H14ClNO5. The average Bonchev–Trinajstić information content (AvgIpc) is 2.53. The van der Waals surface area contributed by atoms with Gasteiger partial charge in [0, 0.05) is 10.7 Å². The van der Waals surface area contributed by atoms with Crippen molar-refractivity contribution in [2.45, 2.75) is 0 Å². The summed E-state index contributed by atoms with van der Waals surface area (Å²) in [6.45, 7) is -0.423. The Bertz CT molecular complexity index is 715. The summed E-state index contributed by atoms with van der Waals surface area (Å²) in [7, 11) is 1.46. The molecule has 2 aromatic rings. The molecule has 0 unspecified atom stereocenters. The Labute approximate surface area is 137 Å². The van der Waals surface area contributed by atoms with Crippen molar-refractivity contribution in [2.75, 3.05) is 19.0 Å². The topological polar surface area (TPSA) is 84.9 Å². The van der Waals surface area contributed by atoms with Crippen LogP contribution in [0.4, 0.5) is 5.69 Å². The van der Waals surface area contributed by atoms with Crippen LogP contribution in [0, 0.1) is 0 Å². The molecule has 0 radical (unpaired) electrons. The molecule has 23 heavy (non-hydrogen) atoms. The van der Waals surface area contributed by atoms with Crippen molar-refractivity contribution in [2.24, 2.45) is 0 Å². The van der Waals surface area contributed by atoms with E-state index >= 15 is 0 Å². The van der Waals surface area contributed by atoms with Crippen LogP contribution in [-0.4, -0.2) is 30.7 Å². The summed E-state index contributed by atoms with van der Waals surface area (Å²) in [6, 6.07) is 11.1. The molecule has 7 heteroatoms. The van der Waals surface area contributed by atoms with Crippen molar-refractivity contribution in [3.05, 3.63) is 53.1 Å². The van der Waals surface area contributed by atoms with Gasteiger partial charge in [-0.25, -0.2) is 4.79 Å². The van der Waals surface area contributed by atoms with Crippen molar-refractivity contribution in [3.63, 3.8) is 0 Å². The van der Waals surface area contributed by atoms with Crippen molar-refractivity contribution < 1.29 is 24.2 Å². The van der Waals surface area contributed by atoms with Gasteiger partial charge < -0.3 is 19.9 Å². The summed E-state index contributed by atoms with van der Waals surface area (Å²) in [5.74, 6) is -0.638. The summed E-state index contributed by atoms with van der Waals surface area (Å²) in [5, 5.41) is 11.7. The molecule has 0 fully saturated rings. The number of hydrogen-bond donors (Lipinski definition) is 2. The molecule has 0 aliphatic rings. The molecule has 0 spiro atoms. The molecule has 0 aromatic heterocycles. The first kappa shape index (κ1) is 16.6. The summed E-state index contributed by atoms with van der Waals surface area (Å²) in [6.07, 6.45) is 0. The van der Waals surface area contributed by atoms with Crippen LogP contribution in [0.1, 0.15) is 10.4 Å². The van der Waals surface area contributed by atoms with Gasteiger partial charge in [-0.15, -0.1) is 0 Å². The number of carboxylic acid groups (broad SMARTS) is 1. The number of hydrogen-bond acceptors (Lipinski definition) is 4. The summed E-state index contributed by atoms with van der Waals surface area (Å²) in [5.41, 5.74) is 0.887. The van der Waals surface area contributed by atoms with Gasteiger partial charge in [-0.1, -0.05) is 11.6 Å². The number of ether oxygens (including phenoxy) is 2. The second-order valence-corrected chi connectivity index (χ2v) is 4.94. The van der Waals surface area contributed by atoms with Gasteiger partial charge in [-0.05, 0) is 42.5 Å². The smallest absolute Gasteiger partial charge is 0.341 e. The largest absolute Gasteiger partial charge is 0.496 e. The lowest BCUT2D eigenvalue weighted by Gasteiger charge is -2.10. The second kappa shape index (κ2) is 7.51. The first-order valence-corrected chi connectivity index (χ1v) is 6.97. The molecule has 0 bridgehead atoms. The highest BCUT2D eigenvalue weighted by atomic mass is 35.5. The first-order chi connectivity index (χ1) is 11.0. The maximum absolute atomic E-state index is 12.3. The Balaban J connectivity index is 2.07. The molecule has 0 saturated heterocycles. The number of nitrogens with one attached hydrogen (secondary N) is 1. The van der Waals surface area contributed by atoms with Gasteiger partial charge in [-0.3, -0.25) is 4.79 Å². The predicted molar refractivity (Wildman–Crippen MR) is 85.5 cm³/mol. The monoisotopic (exact) mass is 335 g/mol. The minimum Gasteiger partial charge on any atom is -0.496 e. The number of rotatable bonds is 6. The van der Waals surface area contributed by atoms with E-state index in [0.717, 1.165) is 0 Å². The van der Waals surface area contributed by atoms with E-state index in [9.17, 15) is 9.59 Å². The molecule has 6 nitrogen and oxygen atoms in total. The number of halogens is 1. The van der Waals surface area contributed by atoms with Crippen LogP contribution in [0.2, 0.25) is 5.02 Å². The second-order valence-electron chi connectivity index (χ2n) is 4.51. The molecule has 0 aliphatic heterocycles. The number of carbonyl (C=O) groups excluding carboxylic acids is 1. The van der Waals surface area contributed by atoms with Crippen LogP contribution in [0.5, 0.6) is 11.5 Å². The van der Waals surface area contributed by atoms with E-state index < -0.39 is 12.6 Å². The zero-order valence-corrected chi connectivity index (χ0v) is 13.0. The third-order valence-corrected chi connectivity index (χ3v) is 3.12. The minimum absolute atomic E-state index is 0.349. The molecule has 2 rings (SSSR count). The van der Waals surface area contributed by atoms with Crippen LogP contribution >= 0.6 is 11.6 Å². The van der Waals surface area contributed by atoms with Gasteiger partial charge >= 0.3 is 5.97 Å². The maximum Gasteiger partial charge on any atom is 0.341 e. The standard InChI is InChI=1S/C16H14ClNO5/c1-22-14-8-10(17)2-7-13(14)16(21)18-11-3-5-12(6-4-11)23-9-15(19)20/h2-8H,9H2,1H3,(H,18,21)(H,19,20). The third-order valence-electron chi connectivity index (χ3n) is 2.88. The Hall–Kier alpha value is -2.73. The van der Waals surface area contributed by atoms with Crippen LogP contribution < -0.4 is 14.8 Å². The normalized spacial score (nSPS) is 10.0. The van der Waals surface area contributed by atoms with Gasteiger partial charge in [0.05, 0.1) is 12.7 Å². The minimum atomic E-state index is -1.06. The van der Waals surface area contributed by atoms with Crippen LogP contribution in [-0.2, 0) is 4.79 Å². The third kappa shape index (κ3) is 4.62. The van der Waals surface area contributed by atoms with Crippen LogP contribution in [0.15, 0.2) is 42.5 Å².